The van der Waals surface area contributed by atoms with Gasteiger partial charge in [0.1, 0.15) is 17.0 Å². The first-order valence-corrected chi connectivity index (χ1v) is 8.38. The second kappa shape index (κ2) is 6.58. The number of aromatic nitrogens is 2. The van der Waals surface area contributed by atoms with E-state index in [0.717, 1.165) is 42.0 Å². The van der Waals surface area contributed by atoms with Gasteiger partial charge >= 0.3 is 0 Å². The van der Waals surface area contributed by atoms with Crippen molar-refractivity contribution in [1.29, 1.82) is 0 Å². The van der Waals surface area contributed by atoms with Crippen LogP contribution in [0.25, 0.3) is 10.2 Å². The van der Waals surface area contributed by atoms with Gasteiger partial charge in [-0.15, -0.1) is 11.3 Å². The van der Waals surface area contributed by atoms with Crippen LogP contribution in [0.15, 0.2) is 12.4 Å². The number of fused-ring (bicyclic) bond motifs is 1. The lowest BCUT2D eigenvalue weighted by Gasteiger charge is -2.32. The maximum Gasteiger partial charge on any atom is 0.233 e. The van der Waals surface area contributed by atoms with Gasteiger partial charge in [-0.3, -0.25) is 9.69 Å². The van der Waals surface area contributed by atoms with Crippen molar-refractivity contribution < 1.29 is 4.79 Å². The second-order valence-corrected chi connectivity index (χ2v) is 6.90. The average molecular weight is 319 g/mol. The number of piperidine rings is 1. The molecule has 3 heterocycles. The van der Waals surface area contributed by atoms with Gasteiger partial charge in [-0.25, -0.2) is 9.97 Å². The average Bonchev–Trinajstić information content (AvgIpc) is 2.90. The maximum absolute atomic E-state index is 11.4. The Bertz CT molecular complexity index is 663. The molecule has 0 saturated carbocycles. The zero-order chi connectivity index (χ0) is 15.5. The third-order valence-corrected chi connectivity index (χ3v) is 4.99. The van der Waals surface area contributed by atoms with Crippen molar-refractivity contribution in [3.63, 3.8) is 0 Å². The molecule has 2 aromatic rings. The summed E-state index contributed by atoms with van der Waals surface area (Å²) in [5, 5.41) is 7.34. The van der Waals surface area contributed by atoms with Gasteiger partial charge in [-0.05, 0) is 25.8 Å². The van der Waals surface area contributed by atoms with E-state index in [1.165, 1.54) is 4.88 Å². The number of aryl methyl sites for hydroxylation is 1. The third-order valence-electron chi connectivity index (χ3n) is 4.03. The summed E-state index contributed by atoms with van der Waals surface area (Å²) in [6, 6.07) is 2.54. The third kappa shape index (κ3) is 3.36. The molecule has 1 saturated heterocycles. The summed E-state index contributed by atoms with van der Waals surface area (Å²) in [7, 11) is 1.68. The molecule has 7 heteroatoms. The lowest BCUT2D eigenvalue weighted by Crippen LogP contribution is -2.43. The van der Waals surface area contributed by atoms with E-state index in [-0.39, 0.29) is 5.91 Å². The number of carbonyl (C=O) groups excluding carboxylic acids is 1. The molecule has 0 spiro atoms. The highest BCUT2D eigenvalue weighted by Gasteiger charge is 2.21. The monoisotopic (exact) mass is 319 g/mol. The van der Waals surface area contributed by atoms with Crippen molar-refractivity contribution in [1.82, 2.24) is 20.2 Å². The van der Waals surface area contributed by atoms with E-state index in [4.69, 9.17) is 0 Å². The number of carbonyl (C=O) groups is 1. The van der Waals surface area contributed by atoms with E-state index in [2.05, 4.69) is 38.5 Å². The Kier molecular flexibility index (Phi) is 4.54. The number of nitrogens with one attached hydrogen (secondary N) is 2. The van der Waals surface area contributed by atoms with Crippen molar-refractivity contribution in [3.05, 3.63) is 17.3 Å². The van der Waals surface area contributed by atoms with Crippen LogP contribution in [-0.2, 0) is 4.79 Å². The van der Waals surface area contributed by atoms with Crippen molar-refractivity contribution in [2.45, 2.75) is 25.8 Å². The molecule has 2 aromatic heterocycles. The Morgan fingerprint density at radius 3 is 2.91 bits per heavy atom. The Labute approximate surface area is 133 Å². The summed E-state index contributed by atoms with van der Waals surface area (Å²) in [6.07, 6.45) is 3.67. The maximum atomic E-state index is 11.4. The Morgan fingerprint density at radius 2 is 2.18 bits per heavy atom. The lowest BCUT2D eigenvalue weighted by atomic mass is 10.0. The first-order chi connectivity index (χ1) is 10.7. The number of likely N-dealkylation sites (tertiary alicyclic amines) is 1. The number of rotatable bonds is 4. The van der Waals surface area contributed by atoms with Crippen LogP contribution < -0.4 is 10.6 Å². The molecule has 0 atom stereocenters. The summed E-state index contributed by atoms with van der Waals surface area (Å²) in [5.74, 6) is 1.01. The minimum atomic E-state index is 0.0812. The van der Waals surface area contributed by atoms with Crippen LogP contribution in [0.4, 0.5) is 5.82 Å². The molecule has 0 unspecified atom stereocenters. The SMILES string of the molecule is CNC(=O)CN1CCC(Nc2ncnc3sc(C)cc23)CC1. The molecule has 1 fully saturated rings. The molecular weight excluding hydrogens is 298 g/mol. The van der Waals surface area contributed by atoms with E-state index >= 15 is 0 Å². The van der Waals surface area contributed by atoms with E-state index in [0.29, 0.717) is 12.6 Å². The molecule has 1 aliphatic rings. The molecular formula is C15H21N5OS. The highest BCUT2D eigenvalue weighted by atomic mass is 32.1. The van der Waals surface area contributed by atoms with Crippen LogP contribution in [0.1, 0.15) is 17.7 Å². The molecule has 118 valence electrons. The largest absolute Gasteiger partial charge is 0.367 e. The van der Waals surface area contributed by atoms with Crippen molar-refractivity contribution in [2.75, 3.05) is 32.0 Å². The highest BCUT2D eigenvalue weighted by molar-refractivity contribution is 7.18. The first-order valence-electron chi connectivity index (χ1n) is 7.56. The topological polar surface area (TPSA) is 70.2 Å². The summed E-state index contributed by atoms with van der Waals surface area (Å²) >= 11 is 1.69. The van der Waals surface area contributed by atoms with Gasteiger partial charge in [0.25, 0.3) is 0 Å². The van der Waals surface area contributed by atoms with Crippen molar-refractivity contribution >= 4 is 33.3 Å². The molecule has 22 heavy (non-hydrogen) atoms. The van der Waals surface area contributed by atoms with Gasteiger partial charge in [0.2, 0.25) is 5.91 Å². The van der Waals surface area contributed by atoms with Crippen LogP contribution in [0.5, 0.6) is 0 Å². The standard InChI is InChI=1S/C15H21N5OS/c1-10-7-12-14(17-9-18-15(12)22-10)19-11-3-5-20(6-4-11)8-13(21)16-2/h7,9,11H,3-6,8H2,1-2H3,(H,16,21)(H,17,18,19). The molecule has 1 amide bonds. The predicted octanol–water partition coefficient (Wildman–Crippen LogP) is 1.62. The normalized spacial score (nSPS) is 16.8. The van der Waals surface area contributed by atoms with Crippen LogP contribution in [0.2, 0.25) is 0 Å². The number of hydrogen-bond acceptors (Lipinski definition) is 6. The van der Waals surface area contributed by atoms with Crippen LogP contribution in [0.3, 0.4) is 0 Å². The number of hydrogen-bond donors (Lipinski definition) is 2. The fourth-order valence-corrected chi connectivity index (χ4v) is 3.65. The Balaban J connectivity index is 1.61. The highest BCUT2D eigenvalue weighted by Crippen LogP contribution is 2.28. The summed E-state index contributed by atoms with van der Waals surface area (Å²) < 4.78 is 0. The molecule has 0 aliphatic carbocycles. The fourth-order valence-electron chi connectivity index (χ4n) is 2.80. The van der Waals surface area contributed by atoms with Gasteiger partial charge in [0, 0.05) is 31.1 Å². The van der Waals surface area contributed by atoms with E-state index < -0.39 is 0 Å². The van der Waals surface area contributed by atoms with Crippen LogP contribution in [0, 0.1) is 6.92 Å². The van der Waals surface area contributed by atoms with E-state index in [9.17, 15) is 4.79 Å². The minimum absolute atomic E-state index is 0.0812. The van der Waals surface area contributed by atoms with Gasteiger partial charge in [-0.1, -0.05) is 0 Å². The number of thiophene rings is 1. The number of anilines is 1. The zero-order valence-electron chi connectivity index (χ0n) is 12.9. The first kappa shape index (κ1) is 15.2. The minimum Gasteiger partial charge on any atom is -0.367 e. The molecule has 3 rings (SSSR count). The van der Waals surface area contributed by atoms with Crippen LogP contribution >= 0.6 is 11.3 Å². The van der Waals surface area contributed by atoms with Crippen molar-refractivity contribution in [2.24, 2.45) is 0 Å². The molecule has 0 aromatic carbocycles. The van der Waals surface area contributed by atoms with Crippen molar-refractivity contribution in [3.8, 4) is 0 Å². The second-order valence-electron chi connectivity index (χ2n) is 5.67. The van der Waals surface area contributed by atoms with Gasteiger partial charge in [0.05, 0.1) is 11.9 Å². The number of likely N-dealkylation sites (N-methyl/N-ethyl adjacent to an activating group) is 1. The van der Waals surface area contributed by atoms with Gasteiger partial charge in [-0.2, -0.15) is 0 Å². The summed E-state index contributed by atoms with van der Waals surface area (Å²) in [5.41, 5.74) is 0. The lowest BCUT2D eigenvalue weighted by molar-refractivity contribution is -0.122. The Hall–Kier alpha value is -1.73. The van der Waals surface area contributed by atoms with Gasteiger partial charge < -0.3 is 10.6 Å². The summed E-state index contributed by atoms with van der Waals surface area (Å²) in [6.45, 7) is 4.45. The summed E-state index contributed by atoms with van der Waals surface area (Å²) in [4.78, 5) is 24.6. The van der Waals surface area contributed by atoms with Crippen LogP contribution in [-0.4, -0.2) is 53.5 Å². The molecule has 6 nitrogen and oxygen atoms in total. The molecule has 1 aliphatic heterocycles. The predicted molar refractivity (Wildman–Crippen MR) is 89.3 cm³/mol. The zero-order valence-corrected chi connectivity index (χ0v) is 13.7. The quantitative estimate of drug-likeness (QED) is 0.896. The smallest absolute Gasteiger partial charge is 0.233 e. The molecule has 0 radical (unpaired) electrons. The molecule has 0 bridgehead atoms. The number of nitrogens with zero attached hydrogens (tertiary/aromatic N) is 3. The fraction of sp³-hybridized carbons (Fsp3) is 0.533. The number of amides is 1. The van der Waals surface area contributed by atoms with E-state index in [1.807, 2.05) is 0 Å². The van der Waals surface area contributed by atoms with Gasteiger partial charge in [0.15, 0.2) is 0 Å². The van der Waals surface area contributed by atoms with E-state index in [1.54, 1.807) is 24.7 Å². The Morgan fingerprint density at radius 1 is 1.41 bits per heavy atom. The molecule has 2 N–H and O–H groups in total.